The van der Waals surface area contributed by atoms with E-state index in [0.29, 0.717) is 13.1 Å². The van der Waals surface area contributed by atoms with Crippen LogP contribution in [0.1, 0.15) is 18.0 Å². The molecule has 1 aliphatic heterocycles. The molecule has 1 fully saturated rings. The molecule has 2 aromatic rings. The van der Waals surface area contributed by atoms with Gasteiger partial charge in [-0.05, 0) is 31.0 Å². The van der Waals surface area contributed by atoms with Crippen LogP contribution in [0.25, 0.3) is 0 Å². The fourth-order valence-corrected chi connectivity index (χ4v) is 3.78. The van der Waals surface area contributed by atoms with Crippen molar-refractivity contribution in [1.82, 2.24) is 24.6 Å². The number of amides is 1. The minimum absolute atomic E-state index is 0.0392. The van der Waals surface area contributed by atoms with Gasteiger partial charge in [0.2, 0.25) is 15.9 Å². The molecule has 0 spiro atoms. The molecule has 1 aromatic heterocycles. The van der Waals surface area contributed by atoms with Gasteiger partial charge in [0.05, 0.1) is 29.9 Å². The van der Waals surface area contributed by atoms with Crippen LogP contribution in [0.2, 0.25) is 0 Å². The third-order valence-electron chi connectivity index (χ3n) is 3.99. The van der Waals surface area contributed by atoms with Crippen LogP contribution in [0.3, 0.4) is 0 Å². The van der Waals surface area contributed by atoms with Crippen LogP contribution in [0.15, 0.2) is 41.6 Å². The third kappa shape index (κ3) is 3.62. The lowest BCUT2D eigenvalue weighted by molar-refractivity contribution is -0.129. The second-order valence-electron chi connectivity index (χ2n) is 5.77. The van der Waals surface area contributed by atoms with Crippen LogP contribution in [-0.2, 0) is 14.8 Å². The molecule has 1 aliphatic rings. The smallest absolute Gasteiger partial charge is 0.241 e. The topological polar surface area (TPSA) is 97.2 Å². The number of nitrogens with zero attached hydrogens (tertiary/aromatic N) is 4. The van der Waals surface area contributed by atoms with Crippen molar-refractivity contribution >= 4 is 15.9 Å². The van der Waals surface area contributed by atoms with Gasteiger partial charge in [-0.1, -0.05) is 12.1 Å². The zero-order chi connectivity index (χ0) is 17.2. The molecular weight excluding hydrogens is 330 g/mol. The molecule has 0 saturated carbocycles. The SMILES string of the molecule is Cc1cccc(S(=O)(=O)NCC(=O)N2CC[C@H](n3nccn3)C2)c1. The number of benzene rings is 1. The number of nitrogens with one attached hydrogen (secondary N) is 1. The maximum atomic E-state index is 12.3. The summed E-state index contributed by atoms with van der Waals surface area (Å²) < 4.78 is 26.9. The molecule has 3 rings (SSSR count). The molecule has 1 N–H and O–H groups in total. The van der Waals surface area contributed by atoms with E-state index in [1.165, 1.54) is 6.07 Å². The maximum Gasteiger partial charge on any atom is 0.241 e. The van der Waals surface area contributed by atoms with E-state index >= 15 is 0 Å². The van der Waals surface area contributed by atoms with Crippen LogP contribution < -0.4 is 4.72 Å². The van der Waals surface area contributed by atoms with Gasteiger partial charge in [0.25, 0.3) is 0 Å². The van der Waals surface area contributed by atoms with Crippen molar-refractivity contribution in [2.24, 2.45) is 0 Å². The maximum absolute atomic E-state index is 12.3. The van der Waals surface area contributed by atoms with E-state index in [-0.39, 0.29) is 23.4 Å². The summed E-state index contributed by atoms with van der Waals surface area (Å²) in [7, 11) is -3.69. The zero-order valence-electron chi connectivity index (χ0n) is 13.3. The van der Waals surface area contributed by atoms with Crippen LogP contribution in [0, 0.1) is 6.92 Å². The third-order valence-corrected chi connectivity index (χ3v) is 5.39. The van der Waals surface area contributed by atoms with Crippen molar-refractivity contribution in [2.75, 3.05) is 19.6 Å². The lowest BCUT2D eigenvalue weighted by atomic mass is 10.2. The number of aryl methyl sites for hydroxylation is 1. The molecule has 0 aliphatic carbocycles. The molecule has 1 saturated heterocycles. The van der Waals surface area contributed by atoms with Gasteiger partial charge in [0.1, 0.15) is 0 Å². The Balaban J connectivity index is 1.58. The summed E-state index contributed by atoms with van der Waals surface area (Å²) in [6.45, 7) is 2.62. The molecule has 0 unspecified atom stereocenters. The van der Waals surface area contributed by atoms with E-state index in [1.54, 1.807) is 34.2 Å². The Morgan fingerprint density at radius 2 is 2.08 bits per heavy atom. The summed E-state index contributed by atoms with van der Waals surface area (Å²) in [4.78, 5) is 15.6. The molecule has 0 bridgehead atoms. The molecule has 24 heavy (non-hydrogen) atoms. The Kier molecular flexibility index (Phi) is 4.63. The second-order valence-corrected chi connectivity index (χ2v) is 7.54. The van der Waals surface area contributed by atoms with E-state index < -0.39 is 10.0 Å². The highest BCUT2D eigenvalue weighted by molar-refractivity contribution is 7.89. The summed E-state index contributed by atoms with van der Waals surface area (Å²) >= 11 is 0. The number of sulfonamides is 1. The van der Waals surface area contributed by atoms with Crippen LogP contribution in [0.5, 0.6) is 0 Å². The summed E-state index contributed by atoms with van der Waals surface area (Å²) in [5, 5.41) is 8.16. The number of hydrogen-bond donors (Lipinski definition) is 1. The van der Waals surface area contributed by atoms with E-state index in [4.69, 9.17) is 0 Å². The molecule has 1 aromatic carbocycles. The first-order valence-electron chi connectivity index (χ1n) is 7.65. The second kappa shape index (κ2) is 6.70. The summed E-state index contributed by atoms with van der Waals surface area (Å²) in [6.07, 6.45) is 3.95. The minimum atomic E-state index is -3.69. The fraction of sp³-hybridized carbons (Fsp3) is 0.400. The molecule has 2 heterocycles. The van der Waals surface area contributed by atoms with Crippen molar-refractivity contribution in [3.8, 4) is 0 Å². The fourth-order valence-electron chi connectivity index (χ4n) is 2.71. The summed E-state index contributed by atoms with van der Waals surface area (Å²) in [6, 6.07) is 6.61. The summed E-state index contributed by atoms with van der Waals surface area (Å²) in [5.74, 6) is -0.249. The molecule has 0 radical (unpaired) electrons. The molecule has 1 amide bonds. The number of carbonyl (C=O) groups excluding carboxylic acids is 1. The zero-order valence-corrected chi connectivity index (χ0v) is 14.1. The van der Waals surface area contributed by atoms with Gasteiger partial charge in [0.15, 0.2) is 0 Å². The molecular formula is C15H19N5O3S. The Bertz CT molecular complexity index is 819. The number of carbonyl (C=O) groups is 1. The summed E-state index contributed by atoms with van der Waals surface area (Å²) in [5.41, 5.74) is 0.846. The van der Waals surface area contributed by atoms with Gasteiger partial charge in [-0.25, -0.2) is 13.1 Å². The highest BCUT2D eigenvalue weighted by atomic mass is 32.2. The van der Waals surface area contributed by atoms with Gasteiger partial charge in [-0.2, -0.15) is 15.0 Å². The first-order valence-corrected chi connectivity index (χ1v) is 9.14. The van der Waals surface area contributed by atoms with Crippen molar-refractivity contribution < 1.29 is 13.2 Å². The van der Waals surface area contributed by atoms with Gasteiger partial charge < -0.3 is 4.90 Å². The normalized spacial score (nSPS) is 18.0. The van der Waals surface area contributed by atoms with Gasteiger partial charge in [0, 0.05) is 13.1 Å². The van der Waals surface area contributed by atoms with Crippen molar-refractivity contribution in [1.29, 1.82) is 0 Å². The lowest BCUT2D eigenvalue weighted by Crippen LogP contribution is -2.39. The van der Waals surface area contributed by atoms with Crippen molar-refractivity contribution in [3.63, 3.8) is 0 Å². The van der Waals surface area contributed by atoms with Crippen LogP contribution >= 0.6 is 0 Å². The van der Waals surface area contributed by atoms with Gasteiger partial charge >= 0.3 is 0 Å². The minimum Gasteiger partial charge on any atom is -0.339 e. The molecule has 1 atom stereocenters. The van der Waals surface area contributed by atoms with E-state index in [0.717, 1.165) is 12.0 Å². The van der Waals surface area contributed by atoms with E-state index in [1.807, 2.05) is 13.0 Å². The predicted molar refractivity (Wildman–Crippen MR) is 86.6 cm³/mol. The average Bonchev–Trinajstić information content (AvgIpc) is 3.23. The molecule has 8 nitrogen and oxygen atoms in total. The van der Waals surface area contributed by atoms with Gasteiger partial charge in [-0.15, -0.1) is 0 Å². The van der Waals surface area contributed by atoms with Crippen LogP contribution in [-0.4, -0.2) is 53.9 Å². The Morgan fingerprint density at radius 1 is 1.33 bits per heavy atom. The first kappa shape index (κ1) is 16.6. The average molecular weight is 349 g/mol. The van der Waals surface area contributed by atoms with E-state index in [2.05, 4.69) is 14.9 Å². The first-order chi connectivity index (χ1) is 11.5. The highest BCUT2D eigenvalue weighted by Gasteiger charge is 2.29. The standard InChI is InChI=1S/C15H19N5O3S/c1-12-3-2-4-14(9-12)24(22,23)18-10-15(21)19-8-5-13(11-19)20-16-6-7-17-20/h2-4,6-7,9,13,18H,5,8,10-11H2,1H3/t13-/m0/s1. The number of hydrogen-bond acceptors (Lipinski definition) is 5. The van der Waals surface area contributed by atoms with Crippen molar-refractivity contribution in [3.05, 3.63) is 42.2 Å². The molecule has 128 valence electrons. The van der Waals surface area contributed by atoms with E-state index in [9.17, 15) is 13.2 Å². The Hall–Kier alpha value is -2.26. The van der Waals surface area contributed by atoms with Crippen molar-refractivity contribution in [2.45, 2.75) is 24.3 Å². The number of likely N-dealkylation sites (tertiary alicyclic amines) is 1. The van der Waals surface area contributed by atoms with Gasteiger partial charge in [-0.3, -0.25) is 4.79 Å². The van der Waals surface area contributed by atoms with Crippen LogP contribution in [0.4, 0.5) is 0 Å². The number of aromatic nitrogens is 3. The predicted octanol–water partition coefficient (Wildman–Crippen LogP) is 0.338. The largest absolute Gasteiger partial charge is 0.339 e. The molecule has 9 heteroatoms. The monoisotopic (exact) mass is 349 g/mol. The quantitative estimate of drug-likeness (QED) is 0.839. The number of rotatable bonds is 5. The Morgan fingerprint density at radius 3 is 2.79 bits per heavy atom. The highest BCUT2D eigenvalue weighted by Crippen LogP contribution is 2.19. The Labute approximate surface area is 140 Å². The lowest BCUT2D eigenvalue weighted by Gasteiger charge is -2.16.